The highest BCUT2D eigenvalue weighted by Gasteiger charge is 2.20. The number of para-hydroxylation sites is 1. The van der Waals surface area contributed by atoms with Gasteiger partial charge >= 0.3 is 0 Å². The lowest BCUT2D eigenvalue weighted by atomic mass is 10.1. The van der Waals surface area contributed by atoms with E-state index in [2.05, 4.69) is 49.4 Å². The van der Waals surface area contributed by atoms with Crippen LogP contribution in [0.3, 0.4) is 0 Å². The minimum Gasteiger partial charge on any atom is -0.369 e. The summed E-state index contributed by atoms with van der Waals surface area (Å²) in [6.07, 6.45) is 0. The maximum Gasteiger partial charge on any atom is 0.240 e. The predicted molar refractivity (Wildman–Crippen MR) is 137 cm³/mol. The molecule has 1 amide bonds. The summed E-state index contributed by atoms with van der Waals surface area (Å²) in [5.41, 5.74) is 4.75. The molecule has 0 bridgehead atoms. The fourth-order valence-corrected chi connectivity index (χ4v) is 4.19. The first-order chi connectivity index (χ1) is 16.7. The van der Waals surface area contributed by atoms with Gasteiger partial charge in [-0.1, -0.05) is 78.9 Å². The summed E-state index contributed by atoms with van der Waals surface area (Å²) in [5.74, 6) is 0.227. The smallest absolute Gasteiger partial charge is 0.240 e. The lowest BCUT2D eigenvalue weighted by molar-refractivity contribution is -0.117. The molecule has 0 spiro atoms. The Morgan fingerprint density at radius 3 is 1.74 bits per heavy atom. The molecule has 34 heavy (non-hydrogen) atoms. The number of piperazine rings is 1. The van der Waals surface area contributed by atoms with Crippen molar-refractivity contribution in [3.05, 3.63) is 97.1 Å². The molecular formula is C28H27N5O. The van der Waals surface area contributed by atoms with Crippen molar-refractivity contribution in [1.29, 1.82) is 0 Å². The number of nitrogens with zero attached hydrogens (tertiary/aromatic N) is 4. The van der Waals surface area contributed by atoms with Crippen LogP contribution in [0.4, 0.5) is 11.6 Å². The van der Waals surface area contributed by atoms with Crippen LogP contribution in [-0.4, -0.2) is 53.5 Å². The third-order valence-corrected chi connectivity index (χ3v) is 5.98. The first-order valence-electron chi connectivity index (χ1n) is 11.6. The fourth-order valence-electron chi connectivity index (χ4n) is 4.19. The maximum atomic E-state index is 12.9. The maximum absolute atomic E-state index is 12.9. The van der Waals surface area contributed by atoms with E-state index in [0.717, 1.165) is 48.7 Å². The quantitative estimate of drug-likeness (QED) is 0.467. The molecule has 4 aromatic rings. The van der Waals surface area contributed by atoms with Gasteiger partial charge in [-0.2, -0.15) is 0 Å². The van der Waals surface area contributed by atoms with Gasteiger partial charge in [0, 0.05) is 43.0 Å². The first-order valence-corrected chi connectivity index (χ1v) is 11.6. The number of amides is 1. The number of anilines is 2. The van der Waals surface area contributed by atoms with Crippen molar-refractivity contribution >= 4 is 17.5 Å². The monoisotopic (exact) mass is 449 g/mol. The molecule has 6 nitrogen and oxygen atoms in total. The fraction of sp³-hybridized carbons (Fsp3) is 0.179. The largest absolute Gasteiger partial charge is 0.369 e. The van der Waals surface area contributed by atoms with E-state index in [-0.39, 0.29) is 5.91 Å². The predicted octanol–water partition coefficient (Wildman–Crippen LogP) is 4.57. The van der Waals surface area contributed by atoms with Gasteiger partial charge in [0.25, 0.3) is 0 Å². The summed E-state index contributed by atoms with van der Waals surface area (Å²) in [6, 6.07) is 32.3. The average molecular weight is 450 g/mol. The summed E-state index contributed by atoms with van der Waals surface area (Å²) in [7, 11) is 0. The minimum absolute atomic E-state index is 0.0996. The van der Waals surface area contributed by atoms with Crippen LogP contribution < -0.4 is 10.2 Å². The number of hydrogen-bond acceptors (Lipinski definition) is 5. The van der Waals surface area contributed by atoms with Crippen molar-refractivity contribution in [1.82, 2.24) is 14.9 Å². The Labute approximate surface area is 199 Å². The van der Waals surface area contributed by atoms with E-state index in [1.165, 1.54) is 5.69 Å². The van der Waals surface area contributed by atoms with Gasteiger partial charge in [0.15, 0.2) is 0 Å². The number of aromatic nitrogens is 2. The SMILES string of the molecule is O=C(CN1CCN(c2ccccc2)CC1)Nc1nc(-c2ccccc2)cc(-c2ccccc2)n1. The summed E-state index contributed by atoms with van der Waals surface area (Å²) < 4.78 is 0. The third-order valence-electron chi connectivity index (χ3n) is 5.98. The normalized spacial score (nSPS) is 14.1. The summed E-state index contributed by atoms with van der Waals surface area (Å²) in [4.78, 5) is 26.7. The van der Waals surface area contributed by atoms with Crippen molar-refractivity contribution in [3.8, 4) is 22.5 Å². The van der Waals surface area contributed by atoms with Crippen LogP contribution >= 0.6 is 0 Å². The molecule has 1 fully saturated rings. The van der Waals surface area contributed by atoms with Gasteiger partial charge in [0.05, 0.1) is 17.9 Å². The number of nitrogens with one attached hydrogen (secondary N) is 1. The molecule has 0 radical (unpaired) electrons. The standard InChI is InChI=1S/C28H27N5O/c34-27(21-32-16-18-33(19-17-32)24-14-8-3-9-15-24)31-28-29-25(22-10-4-1-5-11-22)20-26(30-28)23-12-6-2-7-13-23/h1-15,20H,16-19,21H2,(H,29,30,31,34). The molecule has 0 unspecified atom stereocenters. The highest BCUT2D eigenvalue weighted by atomic mass is 16.2. The highest BCUT2D eigenvalue weighted by Crippen LogP contribution is 2.25. The van der Waals surface area contributed by atoms with Crippen LogP contribution in [0.2, 0.25) is 0 Å². The van der Waals surface area contributed by atoms with Crippen molar-refractivity contribution in [2.24, 2.45) is 0 Å². The average Bonchev–Trinajstić information content (AvgIpc) is 2.90. The molecule has 0 atom stereocenters. The Morgan fingerprint density at radius 2 is 1.21 bits per heavy atom. The van der Waals surface area contributed by atoms with E-state index in [4.69, 9.17) is 0 Å². The summed E-state index contributed by atoms with van der Waals surface area (Å²) in [5, 5.41) is 2.94. The molecule has 1 saturated heterocycles. The zero-order valence-corrected chi connectivity index (χ0v) is 19.0. The molecule has 1 aliphatic heterocycles. The summed E-state index contributed by atoms with van der Waals surface area (Å²) >= 11 is 0. The molecule has 6 heteroatoms. The second kappa shape index (κ2) is 10.3. The number of rotatable bonds is 6. The number of carbonyl (C=O) groups is 1. The zero-order chi connectivity index (χ0) is 23.2. The molecule has 0 saturated carbocycles. The lowest BCUT2D eigenvalue weighted by Crippen LogP contribution is -2.48. The van der Waals surface area contributed by atoms with E-state index in [9.17, 15) is 4.79 Å². The van der Waals surface area contributed by atoms with Crippen molar-refractivity contribution in [3.63, 3.8) is 0 Å². The Morgan fingerprint density at radius 1 is 0.706 bits per heavy atom. The molecule has 1 aliphatic rings. The van der Waals surface area contributed by atoms with E-state index in [0.29, 0.717) is 12.5 Å². The Hall–Kier alpha value is -4.03. The Kier molecular flexibility index (Phi) is 6.59. The van der Waals surface area contributed by atoms with Crippen molar-refractivity contribution in [2.75, 3.05) is 42.9 Å². The second-order valence-corrected chi connectivity index (χ2v) is 8.34. The van der Waals surface area contributed by atoms with E-state index in [1.54, 1.807) is 0 Å². The molecule has 3 aromatic carbocycles. The van der Waals surface area contributed by atoms with Crippen LogP contribution in [0.15, 0.2) is 97.1 Å². The van der Waals surface area contributed by atoms with E-state index in [1.807, 2.05) is 72.8 Å². The molecule has 1 N–H and O–H groups in total. The van der Waals surface area contributed by atoms with Crippen LogP contribution in [0.25, 0.3) is 22.5 Å². The second-order valence-electron chi connectivity index (χ2n) is 8.34. The highest BCUT2D eigenvalue weighted by molar-refractivity contribution is 5.91. The minimum atomic E-state index is -0.0996. The molecular weight excluding hydrogens is 422 g/mol. The van der Waals surface area contributed by atoms with Gasteiger partial charge in [-0.3, -0.25) is 15.0 Å². The lowest BCUT2D eigenvalue weighted by Gasteiger charge is -2.35. The first kappa shape index (κ1) is 21.8. The van der Waals surface area contributed by atoms with Gasteiger partial charge in [-0.05, 0) is 18.2 Å². The van der Waals surface area contributed by atoms with Gasteiger partial charge in [0.1, 0.15) is 0 Å². The van der Waals surface area contributed by atoms with Gasteiger partial charge in [0.2, 0.25) is 11.9 Å². The van der Waals surface area contributed by atoms with Crippen molar-refractivity contribution in [2.45, 2.75) is 0 Å². The Balaban J connectivity index is 1.28. The molecule has 5 rings (SSSR count). The van der Waals surface area contributed by atoms with Crippen LogP contribution in [0, 0.1) is 0 Å². The van der Waals surface area contributed by atoms with Crippen LogP contribution in [0.5, 0.6) is 0 Å². The van der Waals surface area contributed by atoms with Crippen molar-refractivity contribution < 1.29 is 4.79 Å². The molecule has 0 aliphatic carbocycles. The van der Waals surface area contributed by atoms with Gasteiger partial charge < -0.3 is 4.90 Å². The van der Waals surface area contributed by atoms with Gasteiger partial charge in [-0.25, -0.2) is 9.97 Å². The number of carbonyl (C=O) groups excluding carboxylic acids is 1. The van der Waals surface area contributed by atoms with Gasteiger partial charge in [-0.15, -0.1) is 0 Å². The molecule has 170 valence electrons. The van der Waals surface area contributed by atoms with E-state index < -0.39 is 0 Å². The summed E-state index contributed by atoms with van der Waals surface area (Å²) in [6.45, 7) is 3.79. The number of hydrogen-bond donors (Lipinski definition) is 1. The van der Waals surface area contributed by atoms with Crippen LogP contribution in [0.1, 0.15) is 0 Å². The topological polar surface area (TPSA) is 61.4 Å². The molecule has 1 aromatic heterocycles. The zero-order valence-electron chi connectivity index (χ0n) is 19.0. The van der Waals surface area contributed by atoms with Crippen LogP contribution in [-0.2, 0) is 4.79 Å². The molecule has 2 heterocycles. The van der Waals surface area contributed by atoms with E-state index >= 15 is 0 Å². The Bertz CT molecular complexity index is 1170. The number of benzene rings is 3. The third kappa shape index (κ3) is 5.30.